The standard InChI is InChI=1S/C9H17N5O4S/c1-3-18-4-5-19(16,17)13-9-7(8(10)12-15)6-11-14(9)2/h6,13,15H,3-5H2,1-2H3,(H2,10,12). The number of hydrogen-bond donors (Lipinski definition) is 3. The van der Waals surface area contributed by atoms with Gasteiger partial charge in [-0.05, 0) is 6.92 Å². The summed E-state index contributed by atoms with van der Waals surface area (Å²) < 4.78 is 32.2. The van der Waals surface area contributed by atoms with Crippen molar-refractivity contribution in [3.8, 4) is 0 Å². The average molecular weight is 291 g/mol. The molecule has 19 heavy (non-hydrogen) atoms. The number of aryl methyl sites for hydroxylation is 1. The predicted molar refractivity (Wildman–Crippen MR) is 69.6 cm³/mol. The van der Waals surface area contributed by atoms with E-state index >= 15 is 0 Å². The van der Waals surface area contributed by atoms with Gasteiger partial charge in [-0.3, -0.25) is 9.40 Å². The molecule has 9 nitrogen and oxygen atoms in total. The van der Waals surface area contributed by atoms with Gasteiger partial charge in [0.15, 0.2) is 5.84 Å². The van der Waals surface area contributed by atoms with Crippen LogP contribution in [0.3, 0.4) is 0 Å². The lowest BCUT2D eigenvalue weighted by atomic mass is 10.3. The zero-order valence-electron chi connectivity index (χ0n) is 10.7. The first-order valence-electron chi connectivity index (χ1n) is 5.49. The summed E-state index contributed by atoms with van der Waals surface area (Å²) in [6, 6.07) is 0. The molecule has 0 aliphatic heterocycles. The molecule has 0 bridgehead atoms. The lowest BCUT2D eigenvalue weighted by Crippen LogP contribution is -2.24. The second-order valence-corrected chi connectivity index (χ2v) is 5.48. The van der Waals surface area contributed by atoms with Crippen LogP contribution in [0.25, 0.3) is 0 Å². The summed E-state index contributed by atoms with van der Waals surface area (Å²) >= 11 is 0. The van der Waals surface area contributed by atoms with E-state index in [-0.39, 0.29) is 29.6 Å². The number of nitrogens with zero attached hydrogens (tertiary/aromatic N) is 3. The molecular formula is C9H17N5O4S. The van der Waals surface area contributed by atoms with Crippen molar-refractivity contribution in [2.24, 2.45) is 17.9 Å². The molecule has 0 radical (unpaired) electrons. The molecule has 1 aromatic heterocycles. The highest BCUT2D eigenvalue weighted by Crippen LogP contribution is 2.15. The molecule has 0 spiro atoms. The third-order valence-electron chi connectivity index (χ3n) is 2.28. The molecule has 1 rings (SSSR count). The van der Waals surface area contributed by atoms with Crippen LogP contribution in [0.15, 0.2) is 11.4 Å². The Kier molecular flexibility index (Phi) is 5.12. The number of nitrogens with one attached hydrogen (secondary N) is 1. The van der Waals surface area contributed by atoms with E-state index in [9.17, 15) is 8.42 Å². The Hall–Kier alpha value is -1.81. The molecule has 108 valence electrons. The summed E-state index contributed by atoms with van der Waals surface area (Å²) in [5, 5.41) is 15.3. The van der Waals surface area contributed by atoms with E-state index in [0.29, 0.717) is 6.61 Å². The number of oxime groups is 1. The Morgan fingerprint density at radius 2 is 2.37 bits per heavy atom. The summed E-state index contributed by atoms with van der Waals surface area (Å²) in [4.78, 5) is 0. The Morgan fingerprint density at radius 1 is 1.68 bits per heavy atom. The minimum atomic E-state index is -3.59. The van der Waals surface area contributed by atoms with Crippen LogP contribution in [-0.2, 0) is 21.8 Å². The van der Waals surface area contributed by atoms with Gasteiger partial charge in [-0.25, -0.2) is 8.42 Å². The fraction of sp³-hybridized carbons (Fsp3) is 0.556. The first-order chi connectivity index (χ1) is 8.91. The number of hydrogen-bond acceptors (Lipinski definition) is 6. The highest BCUT2D eigenvalue weighted by atomic mass is 32.2. The van der Waals surface area contributed by atoms with E-state index in [4.69, 9.17) is 15.7 Å². The Bertz CT molecular complexity index is 551. The summed E-state index contributed by atoms with van der Waals surface area (Å²) in [7, 11) is -2.06. The van der Waals surface area contributed by atoms with Crippen molar-refractivity contribution in [3.63, 3.8) is 0 Å². The van der Waals surface area contributed by atoms with Crippen LogP contribution in [0.4, 0.5) is 5.82 Å². The smallest absolute Gasteiger partial charge is 0.236 e. The molecule has 0 amide bonds. The van der Waals surface area contributed by atoms with E-state index in [0.717, 1.165) is 0 Å². The Morgan fingerprint density at radius 3 is 2.95 bits per heavy atom. The van der Waals surface area contributed by atoms with E-state index in [1.54, 1.807) is 6.92 Å². The van der Waals surface area contributed by atoms with E-state index < -0.39 is 10.0 Å². The van der Waals surface area contributed by atoms with Crippen molar-refractivity contribution in [1.29, 1.82) is 0 Å². The summed E-state index contributed by atoms with van der Waals surface area (Å²) in [5.74, 6) is -0.288. The number of amidine groups is 1. The van der Waals surface area contributed by atoms with E-state index in [2.05, 4.69) is 15.0 Å². The number of nitrogens with two attached hydrogens (primary N) is 1. The highest BCUT2D eigenvalue weighted by molar-refractivity contribution is 7.92. The topological polar surface area (TPSA) is 132 Å². The van der Waals surface area contributed by atoms with Crippen molar-refractivity contribution < 1.29 is 18.4 Å². The average Bonchev–Trinajstić information content (AvgIpc) is 2.70. The van der Waals surface area contributed by atoms with Crippen molar-refractivity contribution in [2.75, 3.05) is 23.7 Å². The summed E-state index contributed by atoms with van der Waals surface area (Å²) in [5.41, 5.74) is 5.64. The monoisotopic (exact) mass is 291 g/mol. The van der Waals surface area contributed by atoms with Gasteiger partial charge in [0.05, 0.1) is 24.1 Å². The normalized spacial score (nSPS) is 12.6. The first kappa shape index (κ1) is 15.2. The van der Waals surface area contributed by atoms with Crippen LogP contribution in [0, 0.1) is 0 Å². The van der Waals surface area contributed by atoms with Gasteiger partial charge in [-0.2, -0.15) is 5.10 Å². The van der Waals surface area contributed by atoms with Crippen LogP contribution < -0.4 is 10.5 Å². The number of aromatic nitrogens is 2. The molecule has 0 aliphatic rings. The van der Waals surface area contributed by atoms with Crippen LogP contribution in [0.2, 0.25) is 0 Å². The second kappa shape index (κ2) is 6.38. The fourth-order valence-electron chi connectivity index (χ4n) is 1.31. The number of rotatable bonds is 7. The molecule has 0 unspecified atom stereocenters. The zero-order valence-corrected chi connectivity index (χ0v) is 11.5. The van der Waals surface area contributed by atoms with Crippen molar-refractivity contribution in [2.45, 2.75) is 6.92 Å². The molecule has 0 aliphatic carbocycles. The number of anilines is 1. The van der Waals surface area contributed by atoms with Gasteiger partial charge in [0.2, 0.25) is 10.0 Å². The molecule has 1 heterocycles. The number of sulfonamides is 1. The molecule has 0 saturated carbocycles. The maximum absolute atomic E-state index is 11.8. The first-order valence-corrected chi connectivity index (χ1v) is 7.14. The fourth-order valence-corrected chi connectivity index (χ4v) is 2.29. The van der Waals surface area contributed by atoms with Crippen molar-refractivity contribution in [1.82, 2.24) is 9.78 Å². The Balaban J connectivity index is 2.90. The summed E-state index contributed by atoms with van der Waals surface area (Å²) in [6.45, 7) is 2.30. The predicted octanol–water partition coefficient (Wildman–Crippen LogP) is -0.707. The van der Waals surface area contributed by atoms with Crippen LogP contribution in [0.5, 0.6) is 0 Å². The third-order valence-corrected chi connectivity index (χ3v) is 3.48. The van der Waals surface area contributed by atoms with Crippen LogP contribution in [-0.4, -0.2) is 48.2 Å². The summed E-state index contributed by atoms with van der Waals surface area (Å²) in [6.07, 6.45) is 1.30. The quantitative estimate of drug-likeness (QED) is 0.200. The van der Waals surface area contributed by atoms with Crippen LogP contribution >= 0.6 is 0 Å². The molecular weight excluding hydrogens is 274 g/mol. The minimum absolute atomic E-state index is 0.0859. The minimum Gasteiger partial charge on any atom is -0.409 e. The van der Waals surface area contributed by atoms with Gasteiger partial charge in [0, 0.05) is 13.7 Å². The maximum Gasteiger partial charge on any atom is 0.236 e. The third kappa shape index (κ3) is 4.10. The van der Waals surface area contributed by atoms with Gasteiger partial charge < -0.3 is 15.7 Å². The van der Waals surface area contributed by atoms with Crippen LogP contribution in [0.1, 0.15) is 12.5 Å². The molecule has 0 saturated heterocycles. The zero-order chi connectivity index (χ0) is 14.5. The second-order valence-electron chi connectivity index (χ2n) is 3.63. The van der Waals surface area contributed by atoms with Gasteiger partial charge in [-0.1, -0.05) is 5.16 Å². The molecule has 0 fully saturated rings. The highest BCUT2D eigenvalue weighted by Gasteiger charge is 2.18. The molecule has 0 atom stereocenters. The van der Waals surface area contributed by atoms with Gasteiger partial charge in [0.25, 0.3) is 0 Å². The van der Waals surface area contributed by atoms with Gasteiger partial charge >= 0.3 is 0 Å². The van der Waals surface area contributed by atoms with Crippen molar-refractivity contribution in [3.05, 3.63) is 11.8 Å². The molecule has 4 N–H and O–H groups in total. The molecule has 1 aromatic rings. The van der Waals surface area contributed by atoms with Gasteiger partial charge in [-0.15, -0.1) is 0 Å². The van der Waals surface area contributed by atoms with E-state index in [1.807, 2.05) is 0 Å². The maximum atomic E-state index is 11.8. The Labute approximate surface area is 111 Å². The molecule has 10 heteroatoms. The lowest BCUT2D eigenvalue weighted by Gasteiger charge is -2.09. The number of ether oxygens (including phenoxy) is 1. The van der Waals surface area contributed by atoms with Crippen molar-refractivity contribution >= 4 is 21.7 Å². The van der Waals surface area contributed by atoms with Gasteiger partial charge in [0.1, 0.15) is 5.82 Å². The molecule has 0 aromatic carbocycles. The lowest BCUT2D eigenvalue weighted by molar-refractivity contribution is 0.163. The van der Waals surface area contributed by atoms with E-state index in [1.165, 1.54) is 17.9 Å². The largest absolute Gasteiger partial charge is 0.409 e. The SMILES string of the molecule is CCOCCS(=O)(=O)Nc1c(C(N)=NO)cnn1C.